The second-order valence-corrected chi connectivity index (χ2v) is 5.78. The van der Waals surface area contributed by atoms with Crippen molar-refractivity contribution in [1.82, 2.24) is 10.2 Å². The fraction of sp³-hybridized carbons (Fsp3) is 0.421. The second kappa shape index (κ2) is 8.40. The average molecular weight is 312 g/mol. The predicted octanol–water partition coefficient (Wildman–Crippen LogP) is 2.95. The van der Waals surface area contributed by atoms with Crippen LogP contribution in [0.25, 0.3) is 0 Å². The summed E-state index contributed by atoms with van der Waals surface area (Å²) >= 11 is 0. The summed E-state index contributed by atoms with van der Waals surface area (Å²) in [5, 5.41) is 3.14. The lowest BCUT2D eigenvalue weighted by Gasteiger charge is -2.33. The molecule has 0 saturated carbocycles. The lowest BCUT2D eigenvalue weighted by molar-refractivity contribution is 0.0351. The van der Waals surface area contributed by atoms with Gasteiger partial charge in [-0.1, -0.05) is 48.4 Å². The molecule has 4 heteroatoms. The molecule has 1 amide bonds. The molecule has 1 aliphatic rings. The first-order valence-corrected chi connectivity index (χ1v) is 7.99. The molecular weight excluding hydrogens is 288 g/mol. The first kappa shape index (κ1) is 17.1. The molecule has 2 unspecified atom stereocenters. The molecule has 1 aromatic carbocycles. The van der Waals surface area contributed by atoms with Gasteiger partial charge in [0.1, 0.15) is 0 Å². The van der Waals surface area contributed by atoms with Crippen molar-refractivity contribution in [3.05, 3.63) is 48.0 Å². The van der Waals surface area contributed by atoms with Crippen LogP contribution in [-0.2, 0) is 11.2 Å². The van der Waals surface area contributed by atoms with Gasteiger partial charge in [0.15, 0.2) is 6.23 Å². The molecule has 0 aromatic heterocycles. The summed E-state index contributed by atoms with van der Waals surface area (Å²) < 4.78 is 5.56. The maximum absolute atomic E-state index is 12.6. The number of ether oxygens (including phenoxy) is 1. The molecule has 0 saturated heterocycles. The van der Waals surface area contributed by atoms with E-state index in [0.717, 1.165) is 6.42 Å². The molecule has 1 aromatic rings. The van der Waals surface area contributed by atoms with Crippen LogP contribution in [0.2, 0.25) is 0 Å². The van der Waals surface area contributed by atoms with Crippen molar-refractivity contribution in [1.29, 1.82) is 0 Å². The Kier molecular flexibility index (Phi) is 6.25. The van der Waals surface area contributed by atoms with E-state index in [0.29, 0.717) is 13.0 Å². The molecule has 4 nitrogen and oxygen atoms in total. The molecule has 2 rings (SSSR count). The largest absolute Gasteiger partial charge is 0.430 e. The normalized spacial score (nSPS) is 19.4. The minimum atomic E-state index is -0.369. The van der Waals surface area contributed by atoms with Crippen LogP contribution < -0.4 is 5.32 Å². The molecule has 0 fully saturated rings. The van der Waals surface area contributed by atoms with Gasteiger partial charge in [-0.15, -0.1) is 6.42 Å². The maximum atomic E-state index is 12.6. The number of benzene rings is 1. The fourth-order valence-electron chi connectivity index (χ4n) is 2.71. The van der Waals surface area contributed by atoms with Gasteiger partial charge in [0.05, 0.1) is 6.04 Å². The average Bonchev–Trinajstić information content (AvgIpc) is 2.56. The molecule has 122 valence electrons. The molecule has 0 spiro atoms. The van der Waals surface area contributed by atoms with Gasteiger partial charge in [0.25, 0.3) is 0 Å². The molecule has 0 aliphatic carbocycles. The number of amides is 1. The van der Waals surface area contributed by atoms with Crippen LogP contribution in [0.15, 0.2) is 42.5 Å². The van der Waals surface area contributed by atoms with E-state index in [1.54, 1.807) is 4.90 Å². The highest BCUT2D eigenvalue weighted by molar-refractivity contribution is 5.69. The quantitative estimate of drug-likeness (QED) is 0.671. The topological polar surface area (TPSA) is 41.6 Å². The van der Waals surface area contributed by atoms with Gasteiger partial charge < -0.3 is 4.74 Å². The van der Waals surface area contributed by atoms with Gasteiger partial charge in [0, 0.05) is 19.0 Å². The monoisotopic (exact) mass is 312 g/mol. The van der Waals surface area contributed by atoms with E-state index in [-0.39, 0.29) is 24.4 Å². The van der Waals surface area contributed by atoms with Crippen LogP contribution >= 0.6 is 0 Å². The minimum absolute atomic E-state index is 0.0462. The van der Waals surface area contributed by atoms with Crippen LogP contribution in [0.3, 0.4) is 0 Å². The van der Waals surface area contributed by atoms with E-state index in [2.05, 4.69) is 11.2 Å². The van der Waals surface area contributed by atoms with Crippen molar-refractivity contribution in [3.63, 3.8) is 0 Å². The summed E-state index contributed by atoms with van der Waals surface area (Å²) in [6.45, 7) is 4.55. The van der Waals surface area contributed by atoms with E-state index in [1.165, 1.54) is 5.56 Å². The summed E-state index contributed by atoms with van der Waals surface area (Å²) in [5.74, 6) is 2.64. The number of carbonyl (C=O) groups excluding carboxylic acids is 1. The van der Waals surface area contributed by atoms with Crippen molar-refractivity contribution in [2.75, 3.05) is 6.54 Å². The molecule has 23 heavy (non-hydrogen) atoms. The van der Waals surface area contributed by atoms with Crippen molar-refractivity contribution in [2.24, 2.45) is 0 Å². The molecule has 1 aliphatic heterocycles. The van der Waals surface area contributed by atoms with Gasteiger partial charge in [0.2, 0.25) is 0 Å². The highest BCUT2D eigenvalue weighted by atomic mass is 16.6. The first-order chi connectivity index (χ1) is 11.1. The van der Waals surface area contributed by atoms with Crippen LogP contribution in [-0.4, -0.2) is 35.8 Å². The van der Waals surface area contributed by atoms with E-state index >= 15 is 0 Å². The zero-order valence-corrected chi connectivity index (χ0v) is 13.7. The summed E-state index contributed by atoms with van der Waals surface area (Å²) in [6.07, 6.45) is 10.3. The lowest BCUT2D eigenvalue weighted by atomic mass is 10.1. The zero-order chi connectivity index (χ0) is 16.7. The number of hydrogen-bond acceptors (Lipinski definition) is 3. The Hall–Kier alpha value is -2.25. The van der Waals surface area contributed by atoms with E-state index in [1.807, 2.05) is 56.3 Å². The summed E-state index contributed by atoms with van der Waals surface area (Å²) in [6, 6.07) is 9.70. The van der Waals surface area contributed by atoms with Crippen LogP contribution in [0.5, 0.6) is 0 Å². The lowest BCUT2D eigenvalue weighted by Crippen LogP contribution is -2.48. The maximum Gasteiger partial charge on any atom is 0.412 e. The third kappa shape index (κ3) is 4.87. The second-order valence-electron chi connectivity index (χ2n) is 5.78. The summed E-state index contributed by atoms with van der Waals surface area (Å²) in [4.78, 5) is 14.2. The Morgan fingerprint density at radius 1 is 1.39 bits per heavy atom. The van der Waals surface area contributed by atoms with Gasteiger partial charge >= 0.3 is 6.09 Å². The number of nitrogens with zero attached hydrogens (tertiary/aromatic N) is 1. The number of terminal acetylenes is 1. The Morgan fingerprint density at radius 3 is 2.74 bits per heavy atom. The first-order valence-electron chi connectivity index (χ1n) is 7.99. The van der Waals surface area contributed by atoms with Crippen molar-refractivity contribution < 1.29 is 9.53 Å². The highest BCUT2D eigenvalue weighted by Gasteiger charge is 2.28. The van der Waals surface area contributed by atoms with Crippen molar-refractivity contribution in [2.45, 2.75) is 45.0 Å². The van der Waals surface area contributed by atoms with E-state index < -0.39 is 0 Å². The predicted molar refractivity (Wildman–Crippen MR) is 91.8 cm³/mol. The molecule has 0 radical (unpaired) electrons. The van der Waals surface area contributed by atoms with Gasteiger partial charge in [-0.25, -0.2) is 4.79 Å². The number of rotatable bonds is 5. The SMILES string of the molecule is C#CC(C)N(C(=O)O[C@@H]1CC=CCN1)C(C)Cc1ccccc1. The molecule has 1 heterocycles. The molecule has 1 N–H and O–H groups in total. The Bertz CT molecular complexity index is 577. The Morgan fingerprint density at radius 2 is 2.13 bits per heavy atom. The standard InChI is InChI=1S/C19H24N2O2/c1-4-15(2)21(16(3)14-17-10-6-5-7-11-17)19(22)23-18-12-8-9-13-20-18/h1,5-11,15-16,18,20H,12-14H2,2-3H3/t15?,16?,18-/m1/s1. The van der Waals surface area contributed by atoms with E-state index in [9.17, 15) is 4.79 Å². The van der Waals surface area contributed by atoms with E-state index in [4.69, 9.17) is 11.2 Å². The third-order valence-corrected chi connectivity index (χ3v) is 3.94. The van der Waals surface area contributed by atoms with Crippen molar-refractivity contribution in [3.8, 4) is 12.3 Å². The fourth-order valence-corrected chi connectivity index (χ4v) is 2.71. The molecule has 0 bridgehead atoms. The van der Waals surface area contributed by atoms with Gasteiger partial charge in [-0.2, -0.15) is 0 Å². The third-order valence-electron chi connectivity index (χ3n) is 3.94. The zero-order valence-electron chi connectivity index (χ0n) is 13.7. The van der Waals surface area contributed by atoms with Crippen molar-refractivity contribution >= 4 is 6.09 Å². The van der Waals surface area contributed by atoms with Gasteiger partial charge in [-0.05, 0) is 25.8 Å². The molecular formula is C19H24N2O2. The smallest absolute Gasteiger partial charge is 0.412 e. The summed E-state index contributed by atoms with van der Waals surface area (Å²) in [7, 11) is 0. The number of nitrogens with one attached hydrogen (secondary N) is 1. The summed E-state index contributed by atoms with van der Waals surface area (Å²) in [5.41, 5.74) is 1.17. The van der Waals surface area contributed by atoms with Crippen LogP contribution in [0.4, 0.5) is 4.79 Å². The highest BCUT2D eigenvalue weighted by Crippen LogP contribution is 2.15. The van der Waals surface area contributed by atoms with Crippen LogP contribution in [0.1, 0.15) is 25.8 Å². The minimum Gasteiger partial charge on any atom is -0.430 e. The van der Waals surface area contributed by atoms with Gasteiger partial charge in [-0.3, -0.25) is 10.2 Å². The number of carbonyl (C=O) groups is 1. The number of hydrogen-bond donors (Lipinski definition) is 1. The Balaban J connectivity index is 2.04. The molecule has 3 atom stereocenters. The Labute approximate surface area is 138 Å². The van der Waals surface area contributed by atoms with Crippen LogP contribution in [0, 0.1) is 12.3 Å².